The van der Waals surface area contributed by atoms with Crippen LogP contribution in [0.5, 0.6) is 17.2 Å². The normalized spacial score (nSPS) is 9.07. The first-order valence-corrected chi connectivity index (χ1v) is 4.36. The van der Waals surface area contributed by atoms with E-state index in [2.05, 4.69) is 0 Å². The minimum Gasteiger partial charge on any atom is -0.508 e. The average molecular weight is 200 g/mol. The van der Waals surface area contributed by atoms with Gasteiger partial charge in [-0.15, -0.1) is 0 Å². The predicted octanol–water partition coefficient (Wildman–Crippen LogP) is 2.70. The topological polar surface area (TPSA) is 60.0 Å². The van der Waals surface area contributed by atoms with Gasteiger partial charge in [-0.2, -0.15) is 0 Å². The first-order chi connectivity index (χ1) is 6.84. The number of ether oxygens (including phenoxy) is 1. The lowest BCUT2D eigenvalue weighted by atomic mass is 10.3. The van der Waals surface area contributed by atoms with E-state index in [4.69, 9.17) is 4.74 Å². The van der Waals surface area contributed by atoms with Crippen LogP contribution in [0, 0.1) is 0 Å². The lowest BCUT2D eigenvalue weighted by Crippen LogP contribution is -1.82. The highest BCUT2D eigenvalue weighted by atomic mass is 16.5. The van der Waals surface area contributed by atoms with E-state index in [0.717, 1.165) is 5.75 Å². The Morgan fingerprint density at radius 3 is 2.13 bits per heavy atom. The Balaban J connectivity index is 0.00000112. The number of nitrogens with zero attached hydrogens (tertiary/aromatic N) is 1. The van der Waals surface area contributed by atoms with Gasteiger partial charge in [0.25, 0.3) is 0 Å². The van der Waals surface area contributed by atoms with Crippen LogP contribution >= 0.6 is 0 Å². The Labute approximate surface area is 88.5 Å². The second-order valence-electron chi connectivity index (χ2n) is 2.91. The summed E-state index contributed by atoms with van der Waals surface area (Å²) in [6.45, 7) is 0. The number of para-hydroxylation sites is 1. The Bertz CT molecular complexity index is 415. The van der Waals surface area contributed by atoms with E-state index in [9.17, 15) is 5.11 Å². The fourth-order valence-electron chi connectivity index (χ4n) is 1.17. The molecule has 2 rings (SSSR count). The molecule has 0 fully saturated rings. The number of phenols is 1. The molecule has 0 atom stereocenters. The van der Waals surface area contributed by atoms with Crippen LogP contribution in [-0.4, -0.2) is 5.11 Å². The van der Waals surface area contributed by atoms with Crippen molar-refractivity contribution in [2.45, 2.75) is 0 Å². The van der Waals surface area contributed by atoms with Gasteiger partial charge in [0.2, 0.25) is 0 Å². The van der Waals surface area contributed by atoms with Gasteiger partial charge >= 0.3 is 0 Å². The molecule has 0 saturated heterocycles. The number of phenolic OH excluding ortho intramolecular Hbond substituents is 1. The Hall–Kier alpha value is -2.00. The summed E-state index contributed by atoms with van der Waals surface area (Å²) >= 11 is 0. The maximum absolute atomic E-state index is 9.21. The molecule has 3 radical (unpaired) electrons. The molecule has 0 amide bonds. The quantitative estimate of drug-likeness (QED) is 0.810. The zero-order valence-electron chi connectivity index (χ0n) is 8.00. The average Bonchev–Trinajstić information content (AvgIpc) is 2.19. The SMILES string of the molecule is Oc1cccc(Oc2ccccc2)c1.[N]. The molecule has 0 heterocycles. The molecule has 2 aromatic carbocycles. The van der Waals surface area contributed by atoms with Gasteiger partial charge in [-0.1, -0.05) is 24.3 Å². The van der Waals surface area contributed by atoms with Gasteiger partial charge in [0.15, 0.2) is 0 Å². The van der Waals surface area contributed by atoms with Crippen LogP contribution in [0.4, 0.5) is 0 Å². The summed E-state index contributed by atoms with van der Waals surface area (Å²) in [5.74, 6) is 1.60. The maximum Gasteiger partial charge on any atom is 0.131 e. The van der Waals surface area contributed by atoms with E-state index in [-0.39, 0.29) is 11.9 Å². The first-order valence-electron chi connectivity index (χ1n) is 4.36. The number of rotatable bonds is 2. The van der Waals surface area contributed by atoms with Crippen LogP contribution in [0.2, 0.25) is 0 Å². The van der Waals surface area contributed by atoms with Crippen LogP contribution in [0.15, 0.2) is 54.6 Å². The van der Waals surface area contributed by atoms with Crippen molar-refractivity contribution in [3.05, 3.63) is 54.6 Å². The number of hydrogen-bond donors (Lipinski definition) is 1. The summed E-state index contributed by atoms with van der Waals surface area (Å²) in [5, 5.41) is 9.21. The summed E-state index contributed by atoms with van der Waals surface area (Å²) in [6.07, 6.45) is 0. The molecule has 0 unspecified atom stereocenters. The van der Waals surface area contributed by atoms with Gasteiger partial charge in [-0.3, -0.25) is 0 Å². The standard InChI is InChI=1S/C12H10O2.N/c13-10-5-4-8-12(9-10)14-11-6-2-1-3-7-11;/h1-9,13H;. The highest BCUT2D eigenvalue weighted by Crippen LogP contribution is 2.23. The molecule has 0 aromatic heterocycles. The van der Waals surface area contributed by atoms with Crippen LogP contribution in [0.25, 0.3) is 0 Å². The van der Waals surface area contributed by atoms with Crippen LogP contribution in [-0.2, 0) is 0 Å². The van der Waals surface area contributed by atoms with Crippen molar-refractivity contribution < 1.29 is 9.84 Å². The molecule has 0 spiro atoms. The van der Waals surface area contributed by atoms with Crippen LogP contribution in [0.3, 0.4) is 0 Å². The maximum atomic E-state index is 9.21. The van der Waals surface area contributed by atoms with Crippen molar-refractivity contribution in [1.29, 1.82) is 0 Å². The van der Waals surface area contributed by atoms with E-state index >= 15 is 0 Å². The Morgan fingerprint density at radius 1 is 0.800 bits per heavy atom. The van der Waals surface area contributed by atoms with Crippen molar-refractivity contribution in [3.8, 4) is 17.2 Å². The van der Waals surface area contributed by atoms with E-state index in [0.29, 0.717) is 5.75 Å². The molecular formula is C12H10NO2. The first kappa shape index (κ1) is 11.1. The third-order valence-corrected chi connectivity index (χ3v) is 1.80. The molecule has 3 heteroatoms. The van der Waals surface area contributed by atoms with Crippen molar-refractivity contribution >= 4 is 0 Å². The second-order valence-corrected chi connectivity index (χ2v) is 2.91. The Morgan fingerprint density at radius 2 is 1.47 bits per heavy atom. The molecule has 0 aliphatic carbocycles. The van der Waals surface area contributed by atoms with Gasteiger partial charge in [0, 0.05) is 12.2 Å². The highest BCUT2D eigenvalue weighted by molar-refractivity contribution is 5.35. The molecule has 75 valence electrons. The molecule has 0 aliphatic rings. The summed E-state index contributed by atoms with van der Waals surface area (Å²) < 4.78 is 5.50. The third-order valence-electron chi connectivity index (χ3n) is 1.80. The molecule has 0 aliphatic heterocycles. The second kappa shape index (κ2) is 5.02. The molecule has 1 N–H and O–H groups in total. The summed E-state index contributed by atoms with van der Waals surface area (Å²) in [6, 6.07) is 16.2. The van der Waals surface area contributed by atoms with Crippen molar-refractivity contribution in [1.82, 2.24) is 6.15 Å². The van der Waals surface area contributed by atoms with Gasteiger partial charge in [0.05, 0.1) is 0 Å². The fraction of sp³-hybridized carbons (Fsp3) is 0. The molecule has 15 heavy (non-hydrogen) atoms. The van der Waals surface area contributed by atoms with Gasteiger partial charge in [-0.05, 0) is 24.3 Å². The predicted molar refractivity (Wildman–Crippen MR) is 56.8 cm³/mol. The number of aromatic hydroxyl groups is 1. The molecular weight excluding hydrogens is 190 g/mol. The lowest BCUT2D eigenvalue weighted by Gasteiger charge is -2.04. The summed E-state index contributed by atoms with van der Waals surface area (Å²) in [5.41, 5.74) is 0. The lowest BCUT2D eigenvalue weighted by molar-refractivity contribution is 0.455. The largest absolute Gasteiger partial charge is 0.508 e. The van der Waals surface area contributed by atoms with Gasteiger partial charge < -0.3 is 9.84 Å². The van der Waals surface area contributed by atoms with Crippen molar-refractivity contribution in [2.75, 3.05) is 0 Å². The van der Waals surface area contributed by atoms with Gasteiger partial charge in [0.1, 0.15) is 17.2 Å². The molecule has 3 nitrogen and oxygen atoms in total. The fourth-order valence-corrected chi connectivity index (χ4v) is 1.17. The number of benzene rings is 2. The third kappa shape index (κ3) is 3.00. The Kier molecular flexibility index (Phi) is 3.71. The van der Waals surface area contributed by atoms with Crippen molar-refractivity contribution in [2.24, 2.45) is 0 Å². The monoisotopic (exact) mass is 200 g/mol. The molecule has 2 aromatic rings. The zero-order chi connectivity index (χ0) is 9.80. The molecule has 0 saturated carbocycles. The van der Waals surface area contributed by atoms with Gasteiger partial charge in [-0.25, -0.2) is 0 Å². The highest BCUT2D eigenvalue weighted by Gasteiger charge is 1.96. The van der Waals surface area contributed by atoms with E-state index in [1.165, 1.54) is 0 Å². The van der Waals surface area contributed by atoms with E-state index in [1.807, 2.05) is 30.3 Å². The van der Waals surface area contributed by atoms with Crippen LogP contribution in [0.1, 0.15) is 0 Å². The van der Waals surface area contributed by atoms with E-state index < -0.39 is 0 Å². The minimum atomic E-state index is 0. The minimum absolute atomic E-state index is 0. The van der Waals surface area contributed by atoms with E-state index in [1.54, 1.807) is 24.3 Å². The smallest absolute Gasteiger partial charge is 0.131 e. The zero-order valence-corrected chi connectivity index (χ0v) is 8.00. The number of hydrogen-bond acceptors (Lipinski definition) is 2. The molecule has 0 bridgehead atoms. The summed E-state index contributed by atoms with van der Waals surface area (Å²) in [4.78, 5) is 0. The summed E-state index contributed by atoms with van der Waals surface area (Å²) in [7, 11) is 0. The van der Waals surface area contributed by atoms with Crippen LogP contribution < -0.4 is 10.9 Å². The van der Waals surface area contributed by atoms with Crippen molar-refractivity contribution in [3.63, 3.8) is 0 Å².